The molecule has 0 fully saturated rings. The van der Waals surface area contributed by atoms with Gasteiger partial charge in [0.25, 0.3) is 5.56 Å². The van der Waals surface area contributed by atoms with Crippen molar-refractivity contribution in [2.24, 2.45) is 0 Å². The van der Waals surface area contributed by atoms with E-state index in [0.29, 0.717) is 41.7 Å². The normalized spacial score (nSPS) is 15.3. The maximum absolute atomic E-state index is 12.9. The Morgan fingerprint density at radius 3 is 2.88 bits per heavy atom. The van der Waals surface area contributed by atoms with Crippen LogP contribution >= 0.6 is 0 Å². The first-order valence-electron chi connectivity index (χ1n) is 8.39. The van der Waals surface area contributed by atoms with Crippen molar-refractivity contribution in [2.45, 2.75) is 32.2 Å². The third kappa shape index (κ3) is 2.93. The minimum atomic E-state index is -3.59. The second-order valence-electron chi connectivity index (χ2n) is 6.24. The van der Waals surface area contributed by atoms with E-state index in [1.807, 2.05) is 19.1 Å². The highest BCUT2D eigenvalue weighted by Crippen LogP contribution is 2.24. The summed E-state index contributed by atoms with van der Waals surface area (Å²) >= 11 is 0. The van der Waals surface area contributed by atoms with E-state index in [9.17, 15) is 13.2 Å². The molecule has 0 saturated carbocycles. The summed E-state index contributed by atoms with van der Waals surface area (Å²) in [6, 6.07) is 8.65. The van der Waals surface area contributed by atoms with E-state index >= 15 is 0 Å². The van der Waals surface area contributed by atoms with Gasteiger partial charge < -0.3 is 4.52 Å². The summed E-state index contributed by atoms with van der Waals surface area (Å²) < 4.78 is 33.7. The number of hydrogen-bond acceptors (Lipinski definition) is 6. The minimum absolute atomic E-state index is 0.153. The second-order valence-corrected chi connectivity index (χ2v) is 8.20. The third-order valence-electron chi connectivity index (χ3n) is 4.57. The molecule has 0 amide bonds. The van der Waals surface area contributed by atoms with E-state index in [1.54, 1.807) is 12.1 Å². The van der Waals surface area contributed by atoms with Gasteiger partial charge in [-0.2, -0.15) is 9.40 Å². The van der Waals surface area contributed by atoms with Gasteiger partial charge in [0.15, 0.2) is 5.58 Å². The summed E-state index contributed by atoms with van der Waals surface area (Å²) in [6.45, 7) is 2.83. The summed E-state index contributed by atoms with van der Waals surface area (Å²) in [7, 11) is -3.59. The van der Waals surface area contributed by atoms with Crippen molar-refractivity contribution >= 4 is 21.0 Å². The summed E-state index contributed by atoms with van der Waals surface area (Å²) in [5, 5.41) is 8.93. The summed E-state index contributed by atoms with van der Waals surface area (Å²) in [5.41, 5.74) is 2.19. The monoisotopic (exact) mass is 374 g/mol. The minimum Gasteiger partial charge on any atom is -0.356 e. The van der Waals surface area contributed by atoms with Crippen LogP contribution in [0, 0.1) is 0 Å². The molecule has 0 atom stereocenters. The molecule has 0 bridgehead atoms. The number of fused-ring (bicyclic) bond motifs is 2. The van der Waals surface area contributed by atoms with Gasteiger partial charge in [-0.15, -0.1) is 0 Å². The average Bonchev–Trinajstić information content (AvgIpc) is 3.03. The van der Waals surface area contributed by atoms with Crippen molar-refractivity contribution < 1.29 is 12.9 Å². The van der Waals surface area contributed by atoms with Crippen LogP contribution in [0.15, 0.2) is 39.6 Å². The van der Waals surface area contributed by atoms with Gasteiger partial charge in [0, 0.05) is 37.5 Å². The predicted molar refractivity (Wildman–Crippen MR) is 94.9 cm³/mol. The van der Waals surface area contributed by atoms with Crippen LogP contribution in [0.3, 0.4) is 0 Å². The van der Waals surface area contributed by atoms with E-state index in [0.717, 1.165) is 5.69 Å². The molecule has 26 heavy (non-hydrogen) atoms. The SMILES string of the molecule is CCn1nc2c(cc1=O)CN(S(=O)(=O)Cc1noc3ccccc13)CC2. The Morgan fingerprint density at radius 1 is 1.27 bits per heavy atom. The number of aryl methyl sites for hydroxylation is 1. The van der Waals surface area contributed by atoms with Crippen molar-refractivity contribution in [3.63, 3.8) is 0 Å². The van der Waals surface area contributed by atoms with Crippen LogP contribution in [0.1, 0.15) is 23.9 Å². The lowest BCUT2D eigenvalue weighted by Crippen LogP contribution is -2.39. The first kappa shape index (κ1) is 16.9. The lowest BCUT2D eigenvalue weighted by Gasteiger charge is -2.27. The molecule has 2 aromatic heterocycles. The number of aromatic nitrogens is 3. The Bertz CT molecular complexity index is 1130. The number of hydrogen-bond donors (Lipinski definition) is 0. The van der Waals surface area contributed by atoms with Crippen molar-refractivity contribution in [1.29, 1.82) is 0 Å². The maximum atomic E-state index is 12.9. The standard InChI is InChI=1S/C17H18N4O4S/c1-2-21-17(22)9-12-10-20(8-7-14(12)18-21)26(23,24)11-15-13-5-3-4-6-16(13)25-19-15/h3-6,9H,2,7-8,10-11H2,1H3. The van der Waals surface area contributed by atoms with E-state index < -0.39 is 10.0 Å². The molecule has 0 spiro atoms. The number of nitrogens with zero attached hydrogens (tertiary/aromatic N) is 4. The van der Waals surface area contributed by atoms with Crippen LogP contribution in [-0.2, 0) is 35.3 Å². The first-order valence-corrected chi connectivity index (χ1v) is 10.00. The van der Waals surface area contributed by atoms with E-state index in [2.05, 4.69) is 10.3 Å². The maximum Gasteiger partial charge on any atom is 0.267 e. The van der Waals surface area contributed by atoms with E-state index in [-0.39, 0.29) is 17.9 Å². The summed E-state index contributed by atoms with van der Waals surface area (Å²) in [4.78, 5) is 12.0. The molecule has 0 N–H and O–H groups in total. The van der Waals surface area contributed by atoms with Crippen LogP contribution in [-0.4, -0.2) is 34.2 Å². The number of sulfonamides is 1. The van der Waals surface area contributed by atoms with Gasteiger partial charge in [-0.25, -0.2) is 13.1 Å². The van der Waals surface area contributed by atoms with Gasteiger partial charge in [0.2, 0.25) is 10.0 Å². The first-order chi connectivity index (χ1) is 12.5. The zero-order valence-corrected chi connectivity index (χ0v) is 15.1. The lowest BCUT2D eigenvalue weighted by molar-refractivity contribution is 0.379. The van der Waals surface area contributed by atoms with Crippen LogP contribution in [0.2, 0.25) is 0 Å². The fourth-order valence-corrected chi connectivity index (χ4v) is 4.62. The van der Waals surface area contributed by atoms with Crippen LogP contribution in [0.4, 0.5) is 0 Å². The zero-order chi connectivity index (χ0) is 18.3. The molecule has 0 saturated heterocycles. The molecule has 136 valence electrons. The van der Waals surface area contributed by atoms with Crippen molar-refractivity contribution in [3.05, 3.63) is 57.6 Å². The van der Waals surface area contributed by atoms with Gasteiger partial charge in [0.1, 0.15) is 11.4 Å². The molecule has 1 aromatic carbocycles. The molecule has 1 aliphatic heterocycles. The molecule has 8 nitrogen and oxygen atoms in total. The fourth-order valence-electron chi connectivity index (χ4n) is 3.18. The van der Waals surface area contributed by atoms with Crippen LogP contribution in [0.5, 0.6) is 0 Å². The van der Waals surface area contributed by atoms with Gasteiger partial charge in [-0.1, -0.05) is 17.3 Å². The molecule has 0 unspecified atom stereocenters. The predicted octanol–water partition coefficient (Wildman–Crippen LogP) is 1.29. The quantitative estimate of drug-likeness (QED) is 0.682. The van der Waals surface area contributed by atoms with Gasteiger partial charge in [0.05, 0.1) is 5.69 Å². The van der Waals surface area contributed by atoms with Gasteiger partial charge in [-0.3, -0.25) is 4.79 Å². The second kappa shape index (κ2) is 6.33. The molecular formula is C17H18N4O4S. The molecule has 1 aliphatic rings. The molecule has 0 radical (unpaired) electrons. The topological polar surface area (TPSA) is 98.3 Å². The number of para-hydroxylation sites is 1. The number of benzene rings is 1. The molecule has 3 heterocycles. The summed E-state index contributed by atoms with van der Waals surface area (Å²) in [6.07, 6.45) is 0.481. The van der Waals surface area contributed by atoms with Crippen molar-refractivity contribution in [3.8, 4) is 0 Å². The van der Waals surface area contributed by atoms with Gasteiger partial charge >= 0.3 is 0 Å². The smallest absolute Gasteiger partial charge is 0.267 e. The van der Waals surface area contributed by atoms with Crippen LogP contribution < -0.4 is 5.56 Å². The Morgan fingerprint density at radius 2 is 2.08 bits per heavy atom. The average molecular weight is 374 g/mol. The largest absolute Gasteiger partial charge is 0.356 e. The third-order valence-corrected chi connectivity index (χ3v) is 6.31. The molecule has 0 aliphatic carbocycles. The summed E-state index contributed by atoms with van der Waals surface area (Å²) in [5.74, 6) is -0.237. The zero-order valence-electron chi connectivity index (χ0n) is 14.3. The lowest BCUT2D eigenvalue weighted by atomic mass is 10.1. The van der Waals surface area contributed by atoms with E-state index in [1.165, 1.54) is 15.1 Å². The highest BCUT2D eigenvalue weighted by molar-refractivity contribution is 7.88. The molecule has 9 heteroatoms. The fraction of sp³-hybridized carbons (Fsp3) is 0.353. The van der Waals surface area contributed by atoms with E-state index in [4.69, 9.17) is 4.52 Å². The number of rotatable bonds is 4. The Hall–Kier alpha value is -2.52. The van der Waals surface area contributed by atoms with Crippen molar-refractivity contribution in [1.82, 2.24) is 19.2 Å². The van der Waals surface area contributed by atoms with Crippen LogP contribution in [0.25, 0.3) is 11.0 Å². The highest BCUT2D eigenvalue weighted by atomic mass is 32.2. The molecular weight excluding hydrogens is 356 g/mol. The van der Waals surface area contributed by atoms with Gasteiger partial charge in [-0.05, 0) is 24.6 Å². The molecule has 3 aromatic rings. The highest BCUT2D eigenvalue weighted by Gasteiger charge is 2.29. The van der Waals surface area contributed by atoms with Crippen molar-refractivity contribution in [2.75, 3.05) is 6.54 Å². The Kier molecular flexibility index (Phi) is 4.12. The molecule has 4 rings (SSSR count). The Balaban J connectivity index is 1.61. The Labute approximate surface area is 150 Å².